The summed E-state index contributed by atoms with van der Waals surface area (Å²) >= 11 is 0. The minimum absolute atomic E-state index is 0.830. The van der Waals surface area contributed by atoms with Crippen molar-refractivity contribution in [1.82, 2.24) is 20.4 Å². The summed E-state index contributed by atoms with van der Waals surface area (Å²) in [5, 5.41) is 6.79. The molecule has 154 valence electrons. The zero-order chi connectivity index (χ0) is 19.2. The Morgan fingerprint density at radius 3 is 2.54 bits per heavy atom. The molecule has 1 saturated heterocycles. The number of methoxy groups -OCH3 is 1. The summed E-state index contributed by atoms with van der Waals surface area (Å²) in [6.07, 6.45) is 3.59. The first-order valence-corrected chi connectivity index (χ1v) is 10.5. The third-order valence-corrected chi connectivity index (χ3v) is 4.87. The van der Waals surface area contributed by atoms with Gasteiger partial charge in [0.1, 0.15) is 0 Å². The van der Waals surface area contributed by atoms with Crippen LogP contribution in [0.3, 0.4) is 0 Å². The van der Waals surface area contributed by atoms with Crippen molar-refractivity contribution in [2.75, 3.05) is 73.1 Å². The minimum Gasteiger partial charge on any atom is -0.385 e. The number of guanidine groups is 1. The van der Waals surface area contributed by atoms with E-state index in [4.69, 9.17) is 9.73 Å². The van der Waals surface area contributed by atoms with Gasteiger partial charge in [0.05, 0.1) is 0 Å². The topological polar surface area (TPSA) is 52.1 Å². The van der Waals surface area contributed by atoms with Crippen molar-refractivity contribution < 1.29 is 4.74 Å². The highest BCUT2D eigenvalue weighted by atomic mass is 16.5. The molecular weight excluding hydrogens is 326 g/mol. The highest BCUT2D eigenvalue weighted by Gasteiger charge is 2.20. The number of likely N-dealkylation sites (tertiary alicyclic amines) is 1. The van der Waals surface area contributed by atoms with E-state index >= 15 is 0 Å². The predicted molar refractivity (Wildman–Crippen MR) is 112 cm³/mol. The monoisotopic (exact) mass is 369 g/mol. The number of hydrogen-bond acceptors (Lipinski definition) is 4. The molecule has 0 aromatic carbocycles. The molecular formula is C20H43N5O. The molecule has 0 spiro atoms. The maximum atomic E-state index is 5.10. The summed E-state index contributed by atoms with van der Waals surface area (Å²) in [5.41, 5.74) is 0. The van der Waals surface area contributed by atoms with Crippen LogP contribution in [0.4, 0.5) is 0 Å². The smallest absolute Gasteiger partial charge is 0.191 e. The number of nitrogens with one attached hydrogen (secondary N) is 2. The Morgan fingerprint density at radius 2 is 1.88 bits per heavy atom. The summed E-state index contributed by atoms with van der Waals surface area (Å²) in [7, 11) is 3.91. The molecule has 1 heterocycles. The van der Waals surface area contributed by atoms with Gasteiger partial charge in [0, 0.05) is 59.5 Å². The van der Waals surface area contributed by atoms with Crippen molar-refractivity contribution in [2.45, 2.75) is 40.0 Å². The number of ether oxygens (including phenoxy) is 1. The van der Waals surface area contributed by atoms with Gasteiger partial charge in [-0.1, -0.05) is 13.8 Å². The fourth-order valence-corrected chi connectivity index (χ4v) is 3.76. The van der Waals surface area contributed by atoms with Gasteiger partial charge in [0.15, 0.2) is 5.96 Å². The number of piperidine rings is 1. The van der Waals surface area contributed by atoms with E-state index < -0.39 is 0 Å². The third-order valence-electron chi connectivity index (χ3n) is 4.87. The molecule has 0 aromatic heterocycles. The van der Waals surface area contributed by atoms with Crippen molar-refractivity contribution in [3.63, 3.8) is 0 Å². The quantitative estimate of drug-likeness (QED) is 0.312. The van der Waals surface area contributed by atoms with Crippen LogP contribution >= 0.6 is 0 Å². The molecule has 0 bridgehead atoms. The fourth-order valence-electron chi connectivity index (χ4n) is 3.76. The van der Waals surface area contributed by atoms with Crippen LogP contribution in [-0.4, -0.2) is 88.9 Å². The second-order valence-corrected chi connectivity index (χ2v) is 7.90. The van der Waals surface area contributed by atoms with Crippen molar-refractivity contribution in [3.8, 4) is 0 Å². The number of nitrogens with zero attached hydrogens (tertiary/aromatic N) is 3. The molecule has 2 N–H and O–H groups in total. The molecule has 26 heavy (non-hydrogen) atoms. The van der Waals surface area contributed by atoms with Gasteiger partial charge in [-0.2, -0.15) is 0 Å². The second kappa shape index (κ2) is 14.2. The Labute approximate surface area is 161 Å². The molecule has 1 rings (SSSR count). The van der Waals surface area contributed by atoms with Crippen LogP contribution in [0.25, 0.3) is 0 Å². The van der Waals surface area contributed by atoms with Gasteiger partial charge >= 0.3 is 0 Å². The summed E-state index contributed by atoms with van der Waals surface area (Å²) < 4.78 is 5.10. The Balaban J connectivity index is 2.21. The molecule has 2 unspecified atom stereocenters. The third kappa shape index (κ3) is 11.0. The minimum atomic E-state index is 0.830. The van der Waals surface area contributed by atoms with Gasteiger partial charge in [-0.15, -0.1) is 0 Å². The Morgan fingerprint density at radius 1 is 1.15 bits per heavy atom. The summed E-state index contributed by atoms with van der Waals surface area (Å²) in [6, 6.07) is 0. The van der Waals surface area contributed by atoms with E-state index in [2.05, 4.69) is 48.3 Å². The van der Waals surface area contributed by atoms with Gasteiger partial charge in [-0.05, 0) is 51.6 Å². The lowest BCUT2D eigenvalue weighted by Gasteiger charge is -2.34. The van der Waals surface area contributed by atoms with Crippen molar-refractivity contribution in [1.29, 1.82) is 0 Å². The number of rotatable bonds is 12. The second-order valence-electron chi connectivity index (χ2n) is 7.90. The molecule has 2 atom stereocenters. The van der Waals surface area contributed by atoms with E-state index in [1.807, 2.05) is 0 Å². The maximum Gasteiger partial charge on any atom is 0.191 e. The predicted octanol–water partition coefficient (Wildman–Crippen LogP) is 1.88. The summed E-state index contributed by atoms with van der Waals surface area (Å²) in [5.74, 6) is 2.61. The fraction of sp³-hybridized carbons (Fsp3) is 0.950. The SMILES string of the molecule is CCNC(=NCCCN1CC(C)CC(C)C1)NCCN(C)CCCOC. The van der Waals surface area contributed by atoms with E-state index in [0.717, 1.165) is 70.0 Å². The molecule has 0 amide bonds. The van der Waals surface area contributed by atoms with Crippen LogP contribution in [0.1, 0.15) is 40.0 Å². The van der Waals surface area contributed by atoms with Crippen molar-refractivity contribution in [2.24, 2.45) is 16.8 Å². The lowest BCUT2D eigenvalue weighted by Crippen LogP contribution is -2.41. The molecule has 6 heteroatoms. The van der Waals surface area contributed by atoms with Gasteiger partial charge < -0.3 is 25.2 Å². The average Bonchev–Trinajstić information content (AvgIpc) is 2.58. The summed E-state index contributed by atoms with van der Waals surface area (Å²) in [4.78, 5) is 9.68. The largest absolute Gasteiger partial charge is 0.385 e. The van der Waals surface area contributed by atoms with Crippen LogP contribution in [0.5, 0.6) is 0 Å². The maximum absolute atomic E-state index is 5.10. The van der Waals surface area contributed by atoms with Gasteiger partial charge in [-0.25, -0.2) is 0 Å². The molecule has 0 saturated carbocycles. The normalized spacial score (nSPS) is 22.0. The molecule has 0 radical (unpaired) electrons. The van der Waals surface area contributed by atoms with Crippen LogP contribution in [-0.2, 0) is 4.74 Å². The number of aliphatic imine (C=N–C) groups is 1. The number of hydrogen-bond donors (Lipinski definition) is 2. The van der Waals surface area contributed by atoms with E-state index in [9.17, 15) is 0 Å². The average molecular weight is 370 g/mol. The van der Waals surface area contributed by atoms with Crippen molar-refractivity contribution >= 4 is 5.96 Å². The van der Waals surface area contributed by atoms with E-state index in [-0.39, 0.29) is 0 Å². The lowest BCUT2D eigenvalue weighted by molar-refractivity contribution is 0.140. The molecule has 1 aliphatic heterocycles. The zero-order valence-electron chi connectivity index (χ0n) is 17.9. The Hall–Kier alpha value is -0.850. The molecule has 6 nitrogen and oxygen atoms in total. The van der Waals surface area contributed by atoms with Crippen LogP contribution < -0.4 is 10.6 Å². The summed E-state index contributed by atoms with van der Waals surface area (Å²) in [6.45, 7) is 16.1. The van der Waals surface area contributed by atoms with Gasteiger partial charge in [0.2, 0.25) is 0 Å². The molecule has 0 aromatic rings. The van der Waals surface area contributed by atoms with E-state index in [0.29, 0.717) is 0 Å². The Kier molecular flexibility index (Phi) is 12.7. The highest BCUT2D eigenvalue weighted by molar-refractivity contribution is 5.79. The van der Waals surface area contributed by atoms with Crippen LogP contribution in [0, 0.1) is 11.8 Å². The van der Waals surface area contributed by atoms with E-state index in [1.165, 1.54) is 26.1 Å². The first kappa shape index (κ1) is 23.2. The zero-order valence-corrected chi connectivity index (χ0v) is 17.9. The van der Waals surface area contributed by atoms with Crippen LogP contribution in [0.15, 0.2) is 4.99 Å². The molecule has 1 aliphatic rings. The van der Waals surface area contributed by atoms with Crippen LogP contribution in [0.2, 0.25) is 0 Å². The number of likely N-dealkylation sites (N-methyl/N-ethyl adjacent to an activating group) is 1. The molecule has 1 fully saturated rings. The highest BCUT2D eigenvalue weighted by Crippen LogP contribution is 2.20. The standard InChI is InChI=1S/C20H43N5O/c1-6-21-20(23-10-13-24(4)11-8-14-26-5)22-9-7-12-25-16-18(2)15-19(3)17-25/h18-19H,6-17H2,1-5H3,(H2,21,22,23). The Bertz CT molecular complexity index is 367. The van der Waals surface area contributed by atoms with Gasteiger partial charge in [-0.3, -0.25) is 4.99 Å². The van der Waals surface area contributed by atoms with E-state index in [1.54, 1.807) is 7.11 Å². The van der Waals surface area contributed by atoms with Gasteiger partial charge in [0.25, 0.3) is 0 Å². The first-order valence-electron chi connectivity index (χ1n) is 10.5. The first-order chi connectivity index (χ1) is 12.5. The lowest BCUT2D eigenvalue weighted by atomic mass is 9.92. The molecule has 0 aliphatic carbocycles. The van der Waals surface area contributed by atoms with Crippen molar-refractivity contribution in [3.05, 3.63) is 0 Å².